The molecule has 0 radical (unpaired) electrons. The predicted molar refractivity (Wildman–Crippen MR) is 171 cm³/mol. The van der Waals surface area contributed by atoms with Crippen molar-refractivity contribution in [3.8, 4) is 0 Å². The van der Waals surface area contributed by atoms with E-state index in [1.165, 1.54) is 4.90 Å². The summed E-state index contributed by atoms with van der Waals surface area (Å²) in [7, 11) is -0.726. The Hall–Kier alpha value is -4.16. The Morgan fingerprint density at radius 3 is 2.46 bits per heavy atom. The van der Waals surface area contributed by atoms with E-state index in [1.807, 2.05) is 12.1 Å². The summed E-state index contributed by atoms with van der Waals surface area (Å²) in [4.78, 5) is 55.7. The standard InChI is InChI=1S/C34H41BN4O7/c1-5-12-28(35-45-27-18-23-17-26(33(23,2)3)34(27,4)46-35)37-30(41)25-19-38(20-29(40)36-24-15-10-7-11-16-24)31(42)39(25)32(43)44-21-22-13-8-6-9-14-22/h5-11,13-16,23,25-28H,1,12,17-21H2,2-4H3,(H,36,40)(H,37,41)/t23?,25-,26?,27?,28-,34-/m0/s1. The highest BCUT2D eigenvalue weighted by Gasteiger charge is 2.68. The van der Waals surface area contributed by atoms with Crippen molar-refractivity contribution >= 4 is 36.7 Å². The number of ether oxygens (including phenoxy) is 1. The molecule has 2 aromatic carbocycles. The normalized spacial score (nSPS) is 28.2. The number of amides is 5. The maximum Gasteiger partial charge on any atom is 0.482 e. The Morgan fingerprint density at radius 2 is 1.78 bits per heavy atom. The lowest BCUT2D eigenvalue weighted by atomic mass is 9.43. The maximum atomic E-state index is 13.9. The second-order valence-corrected chi connectivity index (χ2v) is 13.5. The minimum atomic E-state index is -1.25. The first-order chi connectivity index (χ1) is 22.0. The zero-order chi connectivity index (χ0) is 32.6. The number of para-hydroxylation sites is 1. The summed E-state index contributed by atoms with van der Waals surface area (Å²) in [5.41, 5.74) is 0.959. The first kappa shape index (κ1) is 31.8. The Labute approximate surface area is 269 Å². The van der Waals surface area contributed by atoms with Crippen LogP contribution in [0.25, 0.3) is 0 Å². The molecular weight excluding hydrogens is 587 g/mol. The van der Waals surface area contributed by atoms with Gasteiger partial charge in [-0.25, -0.2) is 14.5 Å². The summed E-state index contributed by atoms with van der Waals surface area (Å²) in [6.07, 6.45) is 2.94. The van der Waals surface area contributed by atoms with Crippen molar-refractivity contribution in [2.45, 2.75) is 70.3 Å². The third-order valence-corrected chi connectivity index (χ3v) is 10.3. The van der Waals surface area contributed by atoms with Crippen LogP contribution in [0.2, 0.25) is 0 Å². The summed E-state index contributed by atoms with van der Waals surface area (Å²) in [5.74, 6) is -0.755. The van der Waals surface area contributed by atoms with Crippen LogP contribution < -0.4 is 10.6 Å². The predicted octanol–water partition coefficient (Wildman–Crippen LogP) is 4.40. The fourth-order valence-corrected chi connectivity index (χ4v) is 7.64. The van der Waals surface area contributed by atoms with Gasteiger partial charge in [0.05, 0.1) is 24.2 Å². The topological polar surface area (TPSA) is 127 Å². The monoisotopic (exact) mass is 628 g/mol. The quantitative estimate of drug-likeness (QED) is 0.295. The number of nitrogens with zero attached hydrogens (tertiary/aromatic N) is 2. The highest BCUT2D eigenvalue weighted by Crippen LogP contribution is 2.65. The van der Waals surface area contributed by atoms with Gasteiger partial charge in [0.25, 0.3) is 0 Å². The first-order valence-electron chi connectivity index (χ1n) is 15.9. The van der Waals surface area contributed by atoms with E-state index in [-0.39, 0.29) is 31.2 Å². The molecule has 46 heavy (non-hydrogen) atoms. The molecule has 2 saturated heterocycles. The molecular formula is C34H41BN4O7. The van der Waals surface area contributed by atoms with Crippen LogP contribution in [0.1, 0.15) is 45.6 Å². The number of anilines is 1. The molecule has 2 heterocycles. The lowest BCUT2D eigenvalue weighted by Crippen LogP contribution is -2.65. The molecule has 7 rings (SSSR count). The molecule has 11 nitrogen and oxygen atoms in total. The van der Waals surface area contributed by atoms with Crippen molar-refractivity contribution < 1.29 is 33.2 Å². The number of imide groups is 1. The van der Waals surface area contributed by atoms with Gasteiger partial charge in [-0.05, 0) is 61.1 Å². The number of carbonyl (C=O) groups is 4. The Kier molecular flexibility index (Phi) is 8.69. The molecule has 6 atom stereocenters. The van der Waals surface area contributed by atoms with Crippen molar-refractivity contribution in [3.63, 3.8) is 0 Å². The van der Waals surface area contributed by atoms with Gasteiger partial charge in [0.15, 0.2) is 0 Å². The van der Waals surface area contributed by atoms with Crippen LogP contribution in [-0.2, 0) is 30.2 Å². The smallest absolute Gasteiger partial charge is 0.444 e. The molecule has 5 fully saturated rings. The Balaban J connectivity index is 1.17. The Morgan fingerprint density at radius 1 is 1.09 bits per heavy atom. The molecule has 2 aromatic rings. The second-order valence-electron chi connectivity index (χ2n) is 13.5. The molecule has 0 spiro atoms. The molecule has 2 N–H and O–H groups in total. The number of nitrogens with one attached hydrogen (secondary N) is 2. The summed E-state index contributed by atoms with van der Waals surface area (Å²) >= 11 is 0. The molecule has 2 bridgehead atoms. The van der Waals surface area contributed by atoms with Crippen molar-refractivity contribution in [3.05, 3.63) is 78.9 Å². The van der Waals surface area contributed by atoms with Gasteiger partial charge in [-0.3, -0.25) is 9.59 Å². The molecule has 3 aliphatic carbocycles. The van der Waals surface area contributed by atoms with E-state index < -0.39 is 48.6 Å². The van der Waals surface area contributed by atoms with Gasteiger partial charge in [0.1, 0.15) is 19.2 Å². The van der Waals surface area contributed by atoms with Gasteiger partial charge in [0.2, 0.25) is 11.8 Å². The largest absolute Gasteiger partial charge is 0.482 e. The van der Waals surface area contributed by atoms with Crippen molar-refractivity contribution in [2.24, 2.45) is 17.3 Å². The fourth-order valence-electron chi connectivity index (χ4n) is 7.64. The highest BCUT2D eigenvalue weighted by molar-refractivity contribution is 6.48. The number of carbonyl (C=O) groups excluding carboxylic acids is 4. The van der Waals surface area contributed by atoms with Crippen molar-refractivity contribution in [2.75, 3.05) is 18.4 Å². The van der Waals surface area contributed by atoms with Crippen LogP contribution in [0, 0.1) is 17.3 Å². The second kappa shape index (κ2) is 12.6. The minimum Gasteiger partial charge on any atom is -0.444 e. The van der Waals surface area contributed by atoms with Crippen LogP contribution in [0.5, 0.6) is 0 Å². The molecule has 242 valence electrons. The summed E-state index contributed by atoms with van der Waals surface area (Å²) in [6, 6.07) is 15.8. The number of hydrogen-bond acceptors (Lipinski definition) is 7. The molecule has 5 aliphatic rings. The zero-order valence-corrected chi connectivity index (χ0v) is 26.5. The van der Waals surface area contributed by atoms with E-state index in [0.29, 0.717) is 23.9 Å². The van der Waals surface area contributed by atoms with Crippen molar-refractivity contribution in [1.82, 2.24) is 15.1 Å². The van der Waals surface area contributed by atoms with Crippen LogP contribution in [0.15, 0.2) is 73.3 Å². The van der Waals surface area contributed by atoms with E-state index in [2.05, 4.69) is 38.0 Å². The average Bonchev–Trinajstić information content (AvgIpc) is 3.56. The molecule has 2 aliphatic heterocycles. The van der Waals surface area contributed by atoms with E-state index >= 15 is 0 Å². The third-order valence-electron chi connectivity index (χ3n) is 10.3. The number of urea groups is 1. The van der Waals surface area contributed by atoms with Gasteiger partial charge in [-0.1, -0.05) is 68.5 Å². The van der Waals surface area contributed by atoms with Gasteiger partial charge in [0, 0.05) is 5.69 Å². The summed E-state index contributed by atoms with van der Waals surface area (Å²) in [6.45, 7) is 9.88. The van der Waals surface area contributed by atoms with E-state index in [9.17, 15) is 19.2 Å². The Bertz CT molecular complexity index is 1490. The van der Waals surface area contributed by atoms with Gasteiger partial charge >= 0.3 is 19.2 Å². The molecule has 12 heteroatoms. The molecule has 0 aromatic heterocycles. The average molecular weight is 629 g/mol. The minimum absolute atomic E-state index is 0.0883. The SMILES string of the molecule is C=CC[C@H](NC(=O)[C@@H]1CN(CC(=O)Nc2ccccc2)C(=O)N1C(=O)OCc1ccccc1)B1OC2CC3CC(C3(C)C)[C@]2(C)O1. The van der Waals surface area contributed by atoms with Crippen LogP contribution in [0.4, 0.5) is 15.3 Å². The van der Waals surface area contributed by atoms with Crippen LogP contribution >= 0.6 is 0 Å². The fraction of sp³-hybridized carbons (Fsp3) is 0.471. The van der Waals surface area contributed by atoms with Crippen LogP contribution in [-0.4, -0.2) is 77.6 Å². The van der Waals surface area contributed by atoms with Gasteiger partial charge < -0.3 is 29.6 Å². The van der Waals surface area contributed by atoms with E-state index in [0.717, 1.165) is 23.3 Å². The van der Waals surface area contributed by atoms with Gasteiger partial charge in [-0.2, -0.15) is 0 Å². The third kappa shape index (κ3) is 5.91. The van der Waals surface area contributed by atoms with Crippen molar-refractivity contribution in [1.29, 1.82) is 0 Å². The summed E-state index contributed by atoms with van der Waals surface area (Å²) < 4.78 is 18.5. The van der Waals surface area contributed by atoms with E-state index in [1.54, 1.807) is 54.6 Å². The molecule has 3 unspecified atom stereocenters. The number of benzene rings is 2. The first-order valence-corrected chi connectivity index (χ1v) is 15.9. The lowest BCUT2D eigenvalue weighted by Gasteiger charge is -2.64. The highest BCUT2D eigenvalue weighted by atomic mass is 16.7. The lowest BCUT2D eigenvalue weighted by molar-refractivity contribution is -0.199. The zero-order valence-electron chi connectivity index (χ0n) is 26.5. The molecule has 5 amide bonds. The summed E-state index contributed by atoms with van der Waals surface area (Å²) in [5, 5.41) is 5.72. The van der Waals surface area contributed by atoms with Crippen LogP contribution in [0.3, 0.4) is 0 Å². The number of rotatable bonds is 10. The van der Waals surface area contributed by atoms with E-state index in [4.69, 9.17) is 14.0 Å². The molecule has 3 saturated carbocycles. The number of hydrogen-bond donors (Lipinski definition) is 2. The maximum absolute atomic E-state index is 13.9. The van der Waals surface area contributed by atoms with Gasteiger partial charge in [-0.15, -0.1) is 6.58 Å².